The maximum atomic E-state index is 13.7. The molecule has 3 heterocycles. The summed E-state index contributed by atoms with van der Waals surface area (Å²) >= 11 is 5.96. The molecule has 12 heteroatoms. The summed E-state index contributed by atoms with van der Waals surface area (Å²) in [6, 6.07) is 2.91. The van der Waals surface area contributed by atoms with Crippen LogP contribution in [0, 0.1) is 0 Å². The molecule has 0 spiro atoms. The summed E-state index contributed by atoms with van der Waals surface area (Å²) in [5.41, 5.74) is -1.49. The van der Waals surface area contributed by atoms with Crippen molar-refractivity contribution in [3.8, 4) is 17.3 Å². The summed E-state index contributed by atoms with van der Waals surface area (Å²) in [4.78, 5) is 7.86. The van der Waals surface area contributed by atoms with Gasteiger partial charge in [0.15, 0.2) is 17.3 Å². The van der Waals surface area contributed by atoms with Gasteiger partial charge in [-0.15, -0.1) is 0 Å². The van der Waals surface area contributed by atoms with Gasteiger partial charge in [-0.05, 0) is 18.6 Å². The van der Waals surface area contributed by atoms with Crippen molar-refractivity contribution in [3.63, 3.8) is 0 Å². The summed E-state index contributed by atoms with van der Waals surface area (Å²) in [7, 11) is -0.972. The van der Waals surface area contributed by atoms with Gasteiger partial charge in [-0.3, -0.25) is 4.21 Å². The predicted molar refractivity (Wildman–Crippen MR) is 91.9 cm³/mol. The van der Waals surface area contributed by atoms with Gasteiger partial charge in [-0.2, -0.15) is 23.3 Å². The van der Waals surface area contributed by atoms with Crippen molar-refractivity contribution < 1.29 is 21.9 Å². The molecule has 0 fully saturated rings. The Morgan fingerprint density at radius 3 is 2.81 bits per heavy atom. The van der Waals surface area contributed by atoms with E-state index in [0.717, 1.165) is 6.20 Å². The second kappa shape index (κ2) is 7.77. The molecule has 0 aliphatic carbocycles. The van der Waals surface area contributed by atoms with Crippen molar-refractivity contribution in [2.45, 2.75) is 19.0 Å². The van der Waals surface area contributed by atoms with Crippen LogP contribution in [0.1, 0.15) is 17.9 Å². The molecule has 7 nitrogen and oxygen atoms in total. The predicted octanol–water partition coefficient (Wildman–Crippen LogP) is 3.30. The van der Waals surface area contributed by atoms with Gasteiger partial charge in [0.2, 0.25) is 0 Å². The number of nitrogens with zero attached hydrogens (tertiary/aromatic N) is 5. The lowest BCUT2D eigenvalue weighted by atomic mass is 10.2. The number of alkyl halides is 3. The molecule has 0 aliphatic rings. The van der Waals surface area contributed by atoms with Crippen LogP contribution < -0.4 is 0 Å². The molecule has 0 N–H and O–H groups in total. The fourth-order valence-electron chi connectivity index (χ4n) is 2.37. The summed E-state index contributed by atoms with van der Waals surface area (Å²) in [5, 5.41) is 7.46. The molecule has 3 aromatic heterocycles. The monoisotopic (exact) mass is 419 g/mol. The van der Waals surface area contributed by atoms with Crippen LogP contribution in [0.5, 0.6) is 0 Å². The van der Waals surface area contributed by atoms with Crippen LogP contribution in [0.15, 0.2) is 29.0 Å². The molecule has 1 unspecified atom stereocenters. The topological polar surface area (TPSA) is 86.7 Å². The standard InChI is InChI=1S/C15H13ClF3N5O2S/c1-27(25)7-3-5-11-22-14(26-23-11)9-8-21-24(12(9)15(17,18)19)13-10(16)4-2-6-20-13/h2,4,6,8H,3,5,7H2,1H3. The molecule has 27 heavy (non-hydrogen) atoms. The normalized spacial score (nSPS) is 13.1. The Bertz CT molecular complexity index is 973. The van der Waals surface area contributed by atoms with Crippen LogP contribution in [-0.4, -0.2) is 41.1 Å². The fourth-order valence-corrected chi connectivity index (χ4v) is 3.12. The zero-order valence-corrected chi connectivity index (χ0v) is 15.5. The van der Waals surface area contributed by atoms with E-state index >= 15 is 0 Å². The molecule has 0 aromatic carbocycles. The van der Waals surface area contributed by atoms with E-state index < -0.39 is 22.7 Å². The number of rotatable bonds is 6. The first kappa shape index (κ1) is 19.5. The van der Waals surface area contributed by atoms with Gasteiger partial charge in [0, 0.05) is 35.4 Å². The van der Waals surface area contributed by atoms with Gasteiger partial charge in [0.25, 0.3) is 5.89 Å². The highest BCUT2D eigenvalue weighted by molar-refractivity contribution is 7.84. The van der Waals surface area contributed by atoms with Crippen molar-refractivity contribution in [3.05, 3.63) is 41.1 Å². The molecule has 144 valence electrons. The maximum absolute atomic E-state index is 13.7. The third kappa shape index (κ3) is 4.35. The van der Waals surface area contributed by atoms with E-state index in [1.54, 1.807) is 6.26 Å². The minimum Gasteiger partial charge on any atom is -0.334 e. The lowest BCUT2D eigenvalue weighted by Crippen LogP contribution is -2.15. The number of hydrogen-bond acceptors (Lipinski definition) is 6. The molecule has 0 amide bonds. The van der Waals surface area contributed by atoms with Crippen molar-refractivity contribution in [1.82, 2.24) is 24.9 Å². The van der Waals surface area contributed by atoms with Gasteiger partial charge in [0.05, 0.1) is 16.8 Å². The average Bonchev–Trinajstić information content (AvgIpc) is 3.21. The van der Waals surface area contributed by atoms with Gasteiger partial charge in [-0.1, -0.05) is 16.8 Å². The van der Waals surface area contributed by atoms with Gasteiger partial charge in [0.1, 0.15) is 0 Å². The van der Waals surface area contributed by atoms with E-state index in [-0.39, 0.29) is 28.1 Å². The SMILES string of the molecule is CS(=O)CCCc1noc(-c2cnn(-c3ncccc3Cl)c2C(F)(F)F)n1. The van der Waals surface area contributed by atoms with Crippen molar-refractivity contribution in [2.75, 3.05) is 12.0 Å². The Hall–Kier alpha value is -2.27. The Morgan fingerprint density at radius 1 is 1.37 bits per heavy atom. The van der Waals surface area contributed by atoms with Crippen LogP contribution in [0.2, 0.25) is 5.02 Å². The maximum Gasteiger partial charge on any atom is 0.434 e. The lowest BCUT2D eigenvalue weighted by molar-refractivity contribution is -0.142. The highest BCUT2D eigenvalue weighted by Gasteiger charge is 2.41. The number of aromatic nitrogens is 5. The molecular weight excluding hydrogens is 407 g/mol. The van der Waals surface area contributed by atoms with Gasteiger partial charge >= 0.3 is 6.18 Å². The van der Waals surface area contributed by atoms with Crippen LogP contribution in [-0.2, 0) is 23.4 Å². The molecule has 1 atom stereocenters. The quantitative estimate of drug-likeness (QED) is 0.609. The highest BCUT2D eigenvalue weighted by atomic mass is 35.5. The first-order valence-corrected chi connectivity index (χ1v) is 9.77. The first-order chi connectivity index (χ1) is 12.8. The second-order valence-electron chi connectivity index (χ2n) is 5.52. The van der Waals surface area contributed by atoms with Crippen LogP contribution in [0.3, 0.4) is 0 Å². The summed E-state index contributed by atoms with van der Waals surface area (Å²) in [5.74, 6) is 0.191. The number of pyridine rings is 1. The van der Waals surface area contributed by atoms with Crippen LogP contribution >= 0.6 is 11.6 Å². The van der Waals surface area contributed by atoms with E-state index in [2.05, 4.69) is 20.2 Å². The molecule has 0 radical (unpaired) electrons. The zero-order chi connectivity index (χ0) is 19.6. The fraction of sp³-hybridized carbons (Fsp3) is 0.333. The molecular formula is C15H13ClF3N5O2S. The third-order valence-corrected chi connectivity index (χ3v) is 4.67. The van der Waals surface area contributed by atoms with E-state index in [1.165, 1.54) is 18.3 Å². The van der Waals surface area contributed by atoms with Gasteiger partial charge in [-0.25, -0.2) is 9.67 Å². The van der Waals surface area contributed by atoms with E-state index in [0.29, 0.717) is 23.3 Å². The van der Waals surface area contributed by atoms with Crippen molar-refractivity contribution in [2.24, 2.45) is 0 Å². The minimum absolute atomic E-state index is 0.0106. The van der Waals surface area contributed by atoms with Gasteiger partial charge < -0.3 is 4.52 Å². The molecule has 0 bridgehead atoms. The molecule has 3 aromatic rings. The van der Waals surface area contributed by atoms with Crippen LogP contribution in [0.25, 0.3) is 17.3 Å². The average molecular weight is 420 g/mol. The van der Waals surface area contributed by atoms with Crippen molar-refractivity contribution >= 4 is 22.4 Å². The number of halogens is 4. The summed E-state index contributed by atoms with van der Waals surface area (Å²) < 4.78 is 57.7. The Labute approximate surface area is 159 Å². The lowest BCUT2D eigenvalue weighted by Gasteiger charge is -2.11. The largest absolute Gasteiger partial charge is 0.434 e. The highest BCUT2D eigenvalue weighted by Crippen LogP contribution is 2.38. The summed E-state index contributed by atoms with van der Waals surface area (Å²) in [6.07, 6.45) is -0.0477. The van der Waals surface area contributed by atoms with Crippen molar-refractivity contribution in [1.29, 1.82) is 0 Å². The Kier molecular flexibility index (Phi) is 5.61. The number of hydrogen-bond donors (Lipinski definition) is 0. The zero-order valence-electron chi connectivity index (χ0n) is 13.9. The Balaban J connectivity index is 1.99. The number of aryl methyl sites for hydroxylation is 1. The molecule has 0 saturated heterocycles. The third-order valence-electron chi connectivity index (χ3n) is 3.51. The molecule has 0 aliphatic heterocycles. The Morgan fingerprint density at radius 2 is 2.15 bits per heavy atom. The van der Waals surface area contributed by atoms with E-state index in [1.807, 2.05) is 0 Å². The first-order valence-electron chi connectivity index (χ1n) is 7.66. The minimum atomic E-state index is -4.76. The van der Waals surface area contributed by atoms with Crippen LogP contribution in [0.4, 0.5) is 13.2 Å². The van der Waals surface area contributed by atoms with E-state index in [4.69, 9.17) is 16.1 Å². The summed E-state index contributed by atoms with van der Waals surface area (Å²) in [6.45, 7) is 0. The van der Waals surface area contributed by atoms with E-state index in [9.17, 15) is 17.4 Å². The second-order valence-corrected chi connectivity index (χ2v) is 7.48. The molecule has 3 rings (SSSR count). The smallest absolute Gasteiger partial charge is 0.334 e. The molecule has 0 saturated carbocycles.